The minimum atomic E-state index is -0.866. The Bertz CT molecular complexity index is 1040. The van der Waals surface area contributed by atoms with Crippen LogP contribution in [0.3, 0.4) is 0 Å². The number of halogens is 1. The van der Waals surface area contributed by atoms with Crippen molar-refractivity contribution in [2.75, 3.05) is 11.9 Å². The Morgan fingerprint density at radius 2 is 1.97 bits per heavy atom. The fourth-order valence-electron chi connectivity index (χ4n) is 4.53. The standard InChI is InChI=1S/C27H42ClN5O2/c1-8-26(6,7)31-21-14-19(17(3)4)20(15-29-21)24-22(28)23(32-33(24)9-2)25(34)30-16-27(35)12-10-18(5)11-13-27/h14-15,17-18,35H,8-13,16H2,1-7H3,(H,29,31)(H,30,34). The van der Waals surface area contributed by atoms with E-state index in [-0.39, 0.29) is 29.6 Å². The molecule has 8 heteroatoms. The summed E-state index contributed by atoms with van der Waals surface area (Å²) >= 11 is 6.81. The van der Waals surface area contributed by atoms with E-state index in [1.54, 1.807) is 4.68 Å². The van der Waals surface area contributed by atoms with E-state index in [1.165, 1.54) is 0 Å². The number of carbonyl (C=O) groups excluding carboxylic acids is 1. The first-order valence-electron chi connectivity index (χ1n) is 12.9. The summed E-state index contributed by atoms with van der Waals surface area (Å²) < 4.78 is 1.76. The molecule has 1 aliphatic carbocycles. The molecule has 0 saturated heterocycles. The fraction of sp³-hybridized carbons (Fsp3) is 0.667. The molecule has 3 N–H and O–H groups in total. The molecule has 194 valence electrons. The number of rotatable bonds is 9. The van der Waals surface area contributed by atoms with Gasteiger partial charge in [-0.15, -0.1) is 0 Å². The quantitative estimate of drug-likeness (QED) is 0.389. The van der Waals surface area contributed by atoms with Crippen molar-refractivity contribution in [3.63, 3.8) is 0 Å². The van der Waals surface area contributed by atoms with Crippen molar-refractivity contribution in [3.8, 4) is 11.3 Å². The van der Waals surface area contributed by atoms with E-state index in [0.717, 1.165) is 36.2 Å². The first kappa shape index (κ1) is 27.5. The van der Waals surface area contributed by atoms with Crippen LogP contribution in [0, 0.1) is 5.92 Å². The summed E-state index contributed by atoms with van der Waals surface area (Å²) in [7, 11) is 0. The first-order valence-corrected chi connectivity index (χ1v) is 13.3. The van der Waals surface area contributed by atoms with E-state index in [4.69, 9.17) is 11.6 Å². The highest BCUT2D eigenvalue weighted by Gasteiger charge is 2.33. The third kappa shape index (κ3) is 6.36. The lowest BCUT2D eigenvalue weighted by Gasteiger charge is -2.34. The van der Waals surface area contributed by atoms with Gasteiger partial charge in [-0.3, -0.25) is 9.48 Å². The van der Waals surface area contributed by atoms with Gasteiger partial charge in [0.05, 0.1) is 16.3 Å². The van der Waals surface area contributed by atoms with Gasteiger partial charge in [-0.25, -0.2) is 4.98 Å². The average Bonchev–Trinajstić information content (AvgIpc) is 3.15. The van der Waals surface area contributed by atoms with Crippen LogP contribution in [0.5, 0.6) is 0 Å². The maximum Gasteiger partial charge on any atom is 0.273 e. The number of nitrogens with zero attached hydrogens (tertiary/aromatic N) is 3. The molecule has 0 unspecified atom stereocenters. The van der Waals surface area contributed by atoms with Gasteiger partial charge in [-0.05, 0) is 76.3 Å². The zero-order valence-corrected chi connectivity index (χ0v) is 23.1. The molecule has 2 heterocycles. The van der Waals surface area contributed by atoms with Crippen LogP contribution in [0.15, 0.2) is 12.3 Å². The summed E-state index contributed by atoms with van der Waals surface area (Å²) in [6.07, 6.45) is 6.10. The second kappa shape index (κ2) is 10.9. The van der Waals surface area contributed by atoms with E-state index in [0.29, 0.717) is 36.0 Å². The van der Waals surface area contributed by atoms with E-state index >= 15 is 0 Å². The molecule has 3 rings (SSSR count). The number of anilines is 1. The Hall–Kier alpha value is -2.12. The highest BCUT2D eigenvalue weighted by atomic mass is 35.5. The van der Waals surface area contributed by atoms with Gasteiger partial charge in [0.2, 0.25) is 0 Å². The summed E-state index contributed by atoms with van der Waals surface area (Å²) in [5.41, 5.74) is 1.90. The van der Waals surface area contributed by atoms with Crippen LogP contribution in [0.25, 0.3) is 11.3 Å². The molecule has 0 atom stereocenters. The summed E-state index contributed by atoms with van der Waals surface area (Å²) in [6.45, 7) is 15.6. The summed E-state index contributed by atoms with van der Waals surface area (Å²) in [6, 6.07) is 2.07. The normalized spacial score (nSPS) is 20.8. The predicted octanol–water partition coefficient (Wildman–Crippen LogP) is 6.01. The molecule has 35 heavy (non-hydrogen) atoms. The SMILES string of the molecule is CCn1nc(C(=O)NCC2(O)CCC(C)CC2)c(Cl)c1-c1cnc(NC(C)(C)CC)cc1C(C)C. The van der Waals surface area contributed by atoms with E-state index in [2.05, 4.69) is 68.3 Å². The van der Waals surface area contributed by atoms with Gasteiger partial charge in [0.25, 0.3) is 5.91 Å². The maximum atomic E-state index is 13.1. The molecule has 1 amide bonds. The van der Waals surface area contributed by atoms with Gasteiger partial charge in [-0.2, -0.15) is 5.10 Å². The van der Waals surface area contributed by atoms with Crippen molar-refractivity contribution < 1.29 is 9.90 Å². The molecule has 7 nitrogen and oxygen atoms in total. The van der Waals surface area contributed by atoms with Crippen molar-refractivity contribution in [3.05, 3.63) is 28.5 Å². The third-order valence-corrected chi connectivity index (χ3v) is 7.71. The van der Waals surface area contributed by atoms with Crippen molar-refractivity contribution in [2.24, 2.45) is 5.92 Å². The number of nitrogens with one attached hydrogen (secondary N) is 2. The molecule has 1 saturated carbocycles. The van der Waals surface area contributed by atoms with Crippen LogP contribution in [0.1, 0.15) is 103 Å². The second-order valence-electron chi connectivity index (χ2n) is 11.1. The molecule has 1 aliphatic rings. The lowest BCUT2D eigenvalue weighted by molar-refractivity contribution is -0.00544. The van der Waals surface area contributed by atoms with E-state index in [1.807, 2.05) is 13.1 Å². The molecule has 1 fully saturated rings. The molecule has 2 aromatic rings. The van der Waals surface area contributed by atoms with Gasteiger partial charge >= 0.3 is 0 Å². The monoisotopic (exact) mass is 503 g/mol. The number of pyridine rings is 1. The predicted molar refractivity (Wildman–Crippen MR) is 143 cm³/mol. The number of hydrogen-bond donors (Lipinski definition) is 3. The zero-order chi connectivity index (χ0) is 26.0. The summed E-state index contributed by atoms with van der Waals surface area (Å²) in [5, 5.41) is 22.1. The van der Waals surface area contributed by atoms with Gasteiger partial charge in [0.15, 0.2) is 5.69 Å². The molecular weight excluding hydrogens is 462 g/mol. The molecule has 0 aliphatic heterocycles. The van der Waals surface area contributed by atoms with Crippen LogP contribution in [0.4, 0.5) is 5.82 Å². The van der Waals surface area contributed by atoms with Crippen molar-refractivity contribution in [1.82, 2.24) is 20.1 Å². The lowest BCUT2D eigenvalue weighted by Crippen LogP contribution is -2.45. The number of hydrogen-bond acceptors (Lipinski definition) is 5. The van der Waals surface area contributed by atoms with Gasteiger partial charge in [0.1, 0.15) is 5.82 Å². The highest BCUT2D eigenvalue weighted by molar-refractivity contribution is 6.36. The maximum absolute atomic E-state index is 13.1. The van der Waals surface area contributed by atoms with Gasteiger partial charge in [0, 0.05) is 30.4 Å². The minimum absolute atomic E-state index is 0.0721. The Labute approximate surface area is 215 Å². The Morgan fingerprint density at radius 3 is 2.54 bits per heavy atom. The van der Waals surface area contributed by atoms with Crippen LogP contribution < -0.4 is 10.6 Å². The van der Waals surface area contributed by atoms with Crippen molar-refractivity contribution >= 4 is 23.3 Å². The number of aliphatic hydroxyl groups is 1. The largest absolute Gasteiger partial charge is 0.388 e. The first-order chi connectivity index (χ1) is 16.4. The molecule has 0 radical (unpaired) electrons. The lowest BCUT2D eigenvalue weighted by atomic mass is 9.79. The number of carbonyl (C=O) groups is 1. The molecule has 0 aromatic carbocycles. The molecule has 2 aromatic heterocycles. The fourth-order valence-corrected chi connectivity index (χ4v) is 4.85. The number of aryl methyl sites for hydroxylation is 1. The number of amides is 1. The summed E-state index contributed by atoms with van der Waals surface area (Å²) in [5.74, 6) is 1.28. The molecule has 0 spiro atoms. The highest BCUT2D eigenvalue weighted by Crippen LogP contribution is 2.37. The van der Waals surface area contributed by atoms with E-state index < -0.39 is 5.60 Å². The average molecular weight is 504 g/mol. The topological polar surface area (TPSA) is 92.1 Å². The Balaban J connectivity index is 1.90. The molecule has 0 bridgehead atoms. The Kier molecular flexibility index (Phi) is 8.53. The summed E-state index contributed by atoms with van der Waals surface area (Å²) in [4.78, 5) is 17.8. The zero-order valence-electron chi connectivity index (χ0n) is 22.3. The smallest absolute Gasteiger partial charge is 0.273 e. The van der Waals surface area contributed by atoms with E-state index in [9.17, 15) is 9.90 Å². The van der Waals surface area contributed by atoms with Crippen LogP contribution in [-0.2, 0) is 6.54 Å². The third-order valence-electron chi connectivity index (χ3n) is 7.36. The van der Waals surface area contributed by atoms with Crippen molar-refractivity contribution in [1.29, 1.82) is 0 Å². The molecular formula is C27H42ClN5O2. The van der Waals surface area contributed by atoms with Gasteiger partial charge in [-0.1, -0.05) is 39.3 Å². The minimum Gasteiger partial charge on any atom is -0.388 e. The Morgan fingerprint density at radius 1 is 1.31 bits per heavy atom. The van der Waals surface area contributed by atoms with Crippen LogP contribution in [-0.4, -0.2) is 43.5 Å². The second-order valence-corrected chi connectivity index (χ2v) is 11.5. The van der Waals surface area contributed by atoms with Crippen molar-refractivity contribution in [2.45, 2.75) is 104 Å². The number of aromatic nitrogens is 3. The van der Waals surface area contributed by atoms with Gasteiger partial charge < -0.3 is 15.7 Å². The van der Waals surface area contributed by atoms with Crippen LogP contribution >= 0.6 is 11.6 Å². The van der Waals surface area contributed by atoms with Crippen LogP contribution in [0.2, 0.25) is 5.02 Å².